The van der Waals surface area contributed by atoms with E-state index in [4.69, 9.17) is 21.5 Å². The van der Waals surface area contributed by atoms with E-state index in [2.05, 4.69) is 10.6 Å². The first-order valence-electron chi connectivity index (χ1n) is 10.1. The number of hydrogen-bond donors (Lipinski definition) is 3. The summed E-state index contributed by atoms with van der Waals surface area (Å²) >= 11 is 5.82. The molecule has 0 bridgehead atoms. The molecule has 0 aliphatic carbocycles. The summed E-state index contributed by atoms with van der Waals surface area (Å²) in [6.45, 7) is 3.25. The van der Waals surface area contributed by atoms with Crippen LogP contribution in [-0.2, 0) is 30.8 Å². The first kappa shape index (κ1) is 26.3. The fraction of sp³-hybridized carbons (Fsp3) is 0.318. The molecule has 0 fully saturated rings. The first-order valence-corrected chi connectivity index (χ1v) is 12.0. The molecule has 11 heteroatoms. The third-order valence-corrected chi connectivity index (χ3v) is 5.83. The SMILES string of the molecule is CC(C)[C@@H](NC(=O)c1ccc(Cl)cc1)C(=O)OCC(=O)NCCc1ccc(S(N)(=O)=O)cc1. The van der Waals surface area contributed by atoms with Crippen LogP contribution in [0.5, 0.6) is 0 Å². The third kappa shape index (κ3) is 8.49. The first-order chi connectivity index (χ1) is 15.5. The Hall–Kier alpha value is -2.95. The van der Waals surface area contributed by atoms with Crippen LogP contribution in [0.4, 0.5) is 0 Å². The molecule has 2 aromatic carbocycles. The standard InChI is InChI=1S/C22H26ClN3O6S/c1-14(2)20(26-21(28)16-5-7-17(23)8-6-16)22(29)32-13-19(27)25-12-11-15-3-9-18(10-4-15)33(24,30)31/h3-10,14,20H,11-13H2,1-2H3,(H,25,27)(H,26,28)(H2,24,30,31)/t20-/m1/s1. The largest absolute Gasteiger partial charge is 0.454 e. The van der Waals surface area contributed by atoms with Crippen molar-refractivity contribution in [2.24, 2.45) is 11.1 Å². The molecule has 1 atom stereocenters. The lowest BCUT2D eigenvalue weighted by molar-refractivity contribution is -0.151. The van der Waals surface area contributed by atoms with Gasteiger partial charge in [0.05, 0.1) is 4.90 Å². The molecule has 0 aromatic heterocycles. The van der Waals surface area contributed by atoms with Crippen LogP contribution in [-0.4, -0.2) is 45.4 Å². The number of carbonyl (C=O) groups excluding carboxylic acids is 3. The maximum atomic E-state index is 12.4. The number of benzene rings is 2. The van der Waals surface area contributed by atoms with Gasteiger partial charge >= 0.3 is 5.97 Å². The van der Waals surface area contributed by atoms with Gasteiger partial charge in [-0.3, -0.25) is 9.59 Å². The van der Waals surface area contributed by atoms with Gasteiger partial charge in [0.1, 0.15) is 6.04 Å². The van der Waals surface area contributed by atoms with Crippen LogP contribution in [0, 0.1) is 5.92 Å². The van der Waals surface area contributed by atoms with Gasteiger partial charge in [0.25, 0.3) is 11.8 Å². The Bertz CT molecular complexity index is 1090. The van der Waals surface area contributed by atoms with E-state index in [9.17, 15) is 22.8 Å². The zero-order valence-corrected chi connectivity index (χ0v) is 19.8. The predicted octanol–water partition coefficient (Wildman–Crippen LogP) is 1.64. The molecule has 0 heterocycles. The third-order valence-electron chi connectivity index (χ3n) is 4.65. The summed E-state index contributed by atoms with van der Waals surface area (Å²) < 4.78 is 27.6. The fourth-order valence-corrected chi connectivity index (χ4v) is 3.43. The number of amides is 2. The highest BCUT2D eigenvalue weighted by Crippen LogP contribution is 2.11. The monoisotopic (exact) mass is 495 g/mol. The van der Waals surface area contributed by atoms with E-state index >= 15 is 0 Å². The molecule has 9 nitrogen and oxygen atoms in total. The topological polar surface area (TPSA) is 145 Å². The molecule has 0 spiro atoms. The van der Waals surface area contributed by atoms with E-state index in [1.54, 1.807) is 38.1 Å². The number of halogens is 1. The van der Waals surface area contributed by atoms with Crippen molar-refractivity contribution in [2.75, 3.05) is 13.2 Å². The van der Waals surface area contributed by atoms with E-state index < -0.39 is 40.5 Å². The molecule has 2 aromatic rings. The van der Waals surface area contributed by atoms with Crippen LogP contribution in [0.15, 0.2) is 53.4 Å². The maximum absolute atomic E-state index is 12.4. The Labute approximate surface area is 197 Å². The van der Waals surface area contributed by atoms with Crippen LogP contribution in [0.25, 0.3) is 0 Å². The number of sulfonamides is 1. The normalized spacial score (nSPS) is 12.2. The van der Waals surface area contributed by atoms with Crippen molar-refractivity contribution in [2.45, 2.75) is 31.2 Å². The molecule has 0 saturated heterocycles. The minimum Gasteiger partial charge on any atom is -0.454 e. The van der Waals surface area contributed by atoms with E-state index in [1.807, 2.05) is 0 Å². The summed E-state index contributed by atoms with van der Waals surface area (Å²) in [6, 6.07) is 11.3. The predicted molar refractivity (Wildman–Crippen MR) is 123 cm³/mol. The molecule has 0 radical (unpaired) electrons. The minimum absolute atomic E-state index is 0.00468. The zero-order chi connectivity index (χ0) is 24.6. The van der Waals surface area contributed by atoms with Gasteiger partial charge in [-0.05, 0) is 54.3 Å². The van der Waals surface area contributed by atoms with Gasteiger partial charge in [-0.2, -0.15) is 0 Å². The Morgan fingerprint density at radius 3 is 2.18 bits per heavy atom. The van der Waals surface area contributed by atoms with Crippen molar-refractivity contribution in [3.63, 3.8) is 0 Å². The number of primary sulfonamides is 1. The number of rotatable bonds is 10. The van der Waals surface area contributed by atoms with Crippen LogP contribution in [0.2, 0.25) is 5.02 Å². The molecule has 2 amide bonds. The number of nitrogens with two attached hydrogens (primary N) is 1. The second-order valence-electron chi connectivity index (χ2n) is 7.60. The van der Waals surface area contributed by atoms with Gasteiger partial charge in [0, 0.05) is 17.1 Å². The summed E-state index contributed by atoms with van der Waals surface area (Å²) in [5, 5.41) is 10.8. The van der Waals surface area contributed by atoms with E-state index in [0.29, 0.717) is 17.0 Å². The molecule has 0 aliphatic rings. The Morgan fingerprint density at radius 2 is 1.64 bits per heavy atom. The molecule has 0 aliphatic heterocycles. The van der Waals surface area contributed by atoms with Crippen molar-refractivity contribution < 1.29 is 27.5 Å². The highest BCUT2D eigenvalue weighted by Gasteiger charge is 2.26. The Morgan fingerprint density at radius 1 is 1.03 bits per heavy atom. The summed E-state index contributed by atoms with van der Waals surface area (Å²) in [6.07, 6.45) is 0.441. The number of ether oxygens (including phenoxy) is 1. The van der Waals surface area contributed by atoms with Crippen molar-refractivity contribution in [3.05, 3.63) is 64.7 Å². The molecular weight excluding hydrogens is 470 g/mol. The smallest absolute Gasteiger partial charge is 0.329 e. The lowest BCUT2D eigenvalue weighted by Crippen LogP contribution is -2.46. The lowest BCUT2D eigenvalue weighted by Gasteiger charge is -2.20. The summed E-state index contributed by atoms with van der Waals surface area (Å²) in [7, 11) is -3.76. The van der Waals surface area contributed by atoms with Gasteiger partial charge in [-0.25, -0.2) is 18.4 Å². The average Bonchev–Trinajstić information content (AvgIpc) is 2.75. The van der Waals surface area contributed by atoms with Crippen LogP contribution in [0.3, 0.4) is 0 Å². The van der Waals surface area contributed by atoms with Crippen molar-refractivity contribution in [1.29, 1.82) is 0 Å². The van der Waals surface area contributed by atoms with Crippen LogP contribution < -0.4 is 15.8 Å². The lowest BCUT2D eigenvalue weighted by atomic mass is 10.0. The van der Waals surface area contributed by atoms with Gasteiger partial charge < -0.3 is 15.4 Å². The number of carbonyl (C=O) groups is 3. The van der Waals surface area contributed by atoms with Gasteiger partial charge in [0.15, 0.2) is 6.61 Å². The quantitative estimate of drug-likeness (QED) is 0.427. The Kier molecular flexibility index (Phi) is 9.39. The summed E-state index contributed by atoms with van der Waals surface area (Å²) in [5.41, 5.74) is 1.14. The molecule has 4 N–H and O–H groups in total. The van der Waals surface area contributed by atoms with Gasteiger partial charge in [0.2, 0.25) is 10.0 Å². The van der Waals surface area contributed by atoms with Crippen LogP contribution in [0.1, 0.15) is 29.8 Å². The number of hydrogen-bond acceptors (Lipinski definition) is 6. The van der Waals surface area contributed by atoms with Crippen molar-refractivity contribution in [3.8, 4) is 0 Å². The zero-order valence-electron chi connectivity index (χ0n) is 18.2. The van der Waals surface area contributed by atoms with E-state index in [-0.39, 0.29) is 17.4 Å². The van der Waals surface area contributed by atoms with E-state index in [1.165, 1.54) is 24.3 Å². The minimum atomic E-state index is -3.76. The van der Waals surface area contributed by atoms with E-state index in [0.717, 1.165) is 5.56 Å². The molecule has 0 saturated carbocycles. The van der Waals surface area contributed by atoms with Gasteiger partial charge in [-0.15, -0.1) is 0 Å². The molecule has 178 valence electrons. The number of esters is 1. The van der Waals surface area contributed by atoms with Crippen LogP contribution >= 0.6 is 11.6 Å². The Balaban J connectivity index is 1.80. The maximum Gasteiger partial charge on any atom is 0.329 e. The second-order valence-corrected chi connectivity index (χ2v) is 9.60. The summed E-state index contributed by atoms with van der Waals surface area (Å²) in [5.74, 6) is -1.95. The fourth-order valence-electron chi connectivity index (χ4n) is 2.79. The molecule has 33 heavy (non-hydrogen) atoms. The van der Waals surface area contributed by atoms with Gasteiger partial charge in [-0.1, -0.05) is 37.6 Å². The van der Waals surface area contributed by atoms with Crippen molar-refractivity contribution in [1.82, 2.24) is 10.6 Å². The molecule has 0 unspecified atom stereocenters. The summed E-state index contributed by atoms with van der Waals surface area (Å²) in [4.78, 5) is 36.8. The molecular formula is C22H26ClN3O6S. The average molecular weight is 496 g/mol. The molecule has 2 rings (SSSR count). The number of nitrogens with one attached hydrogen (secondary N) is 2. The second kappa shape index (κ2) is 11.8. The highest BCUT2D eigenvalue weighted by molar-refractivity contribution is 7.89. The highest BCUT2D eigenvalue weighted by atomic mass is 35.5. The van der Waals surface area contributed by atoms with Crippen molar-refractivity contribution >= 4 is 39.4 Å².